The Labute approximate surface area is 214 Å². The van der Waals surface area contributed by atoms with Crippen LogP contribution >= 0.6 is 0 Å². The fraction of sp³-hybridized carbons (Fsp3) is 0.483. The Balaban J connectivity index is 1.28. The number of aryl methyl sites for hydroxylation is 3. The van der Waals surface area contributed by atoms with E-state index in [4.69, 9.17) is 14.2 Å². The number of likely N-dealkylation sites (tertiary alicyclic amines) is 1. The topological polar surface area (TPSA) is 69.0 Å². The van der Waals surface area contributed by atoms with Crippen LogP contribution in [0.25, 0.3) is 0 Å². The lowest BCUT2D eigenvalue weighted by molar-refractivity contribution is -0.0168. The van der Waals surface area contributed by atoms with E-state index < -0.39 is 5.60 Å². The van der Waals surface area contributed by atoms with Gasteiger partial charge < -0.3 is 19.3 Å². The third kappa shape index (κ3) is 7.48. The van der Waals surface area contributed by atoms with Crippen molar-refractivity contribution in [2.24, 2.45) is 0 Å². The molecule has 0 unspecified atom stereocenters. The first-order valence-corrected chi connectivity index (χ1v) is 12.9. The van der Waals surface area contributed by atoms with Crippen molar-refractivity contribution in [1.82, 2.24) is 14.7 Å². The molecule has 1 fully saturated rings. The van der Waals surface area contributed by atoms with Crippen molar-refractivity contribution in [2.75, 3.05) is 33.4 Å². The molecule has 0 aliphatic carbocycles. The van der Waals surface area contributed by atoms with E-state index in [1.165, 1.54) is 11.1 Å². The van der Waals surface area contributed by atoms with Crippen LogP contribution < -0.4 is 14.2 Å². The van der Waals surface area contributed by atoms with Gasteiger partial charge in [-0.25, -0.2) is 0 Å². The molecule has 1 saturated heterocycles. The summed E-state index contributed by atoms with van der Waals surface area (Å²) in [5.41, 5.74) is 2.73. The molecule has 194 valence electrons. The van der Waals surface area contributed by atoms with Gasteiger partial charge in [-0.2, -0.15) is 5.10 Å². The Morgan fingerprint density at radius 1 is 0.972 bits per heavy atom. The van der Waals surface area contributed by atoms with Crippen LogP contribution in [0.2, 0.25) is 0 Å². The molecule has 0 bridgehead atoms. The average Bonchev–Trinajstić information content (AvgIpc) is 3.20. The summed E-state index contributed by atoms with van der Waals surface area (Å²) in [6, 6.07) is 14.1. The van der Waals surface area contributed by atoms with Crippen molar-refractivity contribution in [1.29, 1.82) is 0 Å². The van der Waals surface area contributed by atoms with Crippen LogP contribution in [0.3, 0.4) is 0 Å². The van der Waals surface area contributed by atoms with Gasteiger partial charge in [-0.3, -0.25) is 9.58 Å². The van der Waals surface area contributed by atoms with Crippen LogP contribution in [-0.4, -0.2) is 58.8 Å². The molecule has 1 aliphatic heterocycles. The predicted molar refractivity (Wildman–Crippen MR) is 141 cm³/mol. The molecule has 0 saturated carbocycles. The minimum Gasteiger partial charge on any atom is -0.493 e. The number of nitrogens with zero attached hydrogens (tertiary/aromatic N) is 3. The zero-order valence-corrected chi connectivity index (χ0v) is 21.8. The number of rotatable bonds is 11. The van der Waals surface area contributed by atoms with E-state index in [0.29, 0.717) is 19.6 Å². The molecular formula is C29H39N3O4. The molecule has 36 heavy (non-hydrogen) atoms. The fourth-order valence-corrected chi connectivity index (χ4v) is 4.58. The van der Waals surface area contributed by atoms with E-state index in [2.05, 4.69) is 29.1 Å². The lowest BCUT2D eigenvalue weighted by atomic mass is 9.96. The molecular weight excluding hydrogens is 454 g/mol. The van der Waals surface area contributed by atoms with Crippen molar-refractivity contribution < 1.29 is 19.3 Å². The van der Waals surface area contributed by atoms with E-state index in [-0.39, 0.29) is 0 Å². The summed E-state index contributed by atoms with van der Waals surface area (Å²) in [6.45, 7) is 8.40. The van der Waals surface area contributed by atoms with Crippen molar-refractivity contribution in [3.63, 3.8) is 0 Å². The molecule has 7 heteroatoms. The van der Waals surface area contributed by atoms with Crippen LogP contribution in [0.1, 0.15) is 42.4 Å². The largest absolute Gasteiger partial charge is 0.493 e. The standard InChI is InChI=1S/C29H39N3O4/c1-23-6-9-26(10-7-23)36-22-29(33)12-4-14-31(16-13-29)21-25-8-11-27(34-3)28(18-25)35-17-5-15-32-20-24(2)19-30-32/h6-11,18-20,33H,4-5,12-17,21-22H2,1-3H3/t29-/m0/s1. The summed E-state index contributed by atoms with van der Waals surface area (Å²) in [7, 11) is 1.67. The number of aliphatic hydroxyl groups is 1. The Morgan fingerprint density at radius 2 is 1.81 bits per heavy atom. The zero-order chi connectivity index (χ0) is 25.4. The Kier molecular flexibility index (Phi) is 8.88. The quantitative estimate of drug-likeness (QED) is 0.388. The van der Waals surface area contributed by atoms with Crippen LogP contribution in [0.4, 0.5) is 0 Å². The Hall–Kier alpha value is -3.03. The highest BCUT2D eigenvalue weighted by molar-refractivity contribution is 5.43. The summed E-state index contributed by atoms with van der Waals surface area (Å²) < 4.78 is 19.5. The number of hydrogen-bond acceptors (Lipinski definition) is 6. The summed E-state index contributed by atoms with van der Waals surface area (Å²) in [5, 5.41) is 15.5. The molecule has 2 heterocycles. The molecule has 7 nitrogen and oxygen atoms in total. The number of aromatic nitrogens is 2. The van der Waals surface area contributed by atoms with Gasteiger partial charge in [0.2, 0.25) is 0 Å². The minimum absolute atomic E-state index is 0.322. The van der Waals surface area contributed by atoms with Gasteiger partial charge in [0, 0.05) is 32.3 Å². The fourth-order valence-electron chi connectivity index (χ4n) is 4.58. The lowest BCUT2D eigenvalue weighted by Gasteiger charge is -2.27. The monoisotopic (exact) mass is 493 g/mol. The SMILES string of the molecule is COc1ccc(CN2CCC[C@@](O)(COc3ccc(C)cc3)CC2)cc1OCCCn1cc(C)cn1. The van der Waals surface area contributed by atoms with Gasteiger partial charge >= 0.3 is 0 Å². The van der Waals surface area contributed by atoms with Gasteiger partial charge in [0.1, 0.15) is 12.4 Å². The second-order valence-electron chi connectivity index (χ2n) is 9.92. The van der Waals surface area contributed by atoms with E-state index in [1.54, 1.807) is 7.11 Å². The van der Waals surface area contributed by atoms with E-state index >= 15 is 0 Å². The summed E-state index contributed by atoms with van der Waals surface area (Å²) in [5.74, 6) is 2.32. The van der Waals surface area contributed by atoms with Gasteiger partial charge in [-0.05, 0) is 75.0 Å². The average molecular weight is 494 g/mol. The number of ether oxygens (including phenoxy) is 3. The van der Waals surface area contributed by atoms with Gasteiger partial charge in [0.05, 0.1) is 25.5 Å². The number of methoxy groups -OCH3 is 1. The van der Waals surface area contributed by atoms with Crippen LogP contribution in [0, 0.1) is 13.8 Å². The Morgan fingerprint density at radius 3 is 2.56 bits per heavy atom. The molecule has 2 aromatic carbocycles. The third-order valence-electron chi connectivity index (χ3n) is 6.72. The zero-order valence-electron chi connectivity index (χ0n) is 21.8. The minimum atomic E-state index is -0.805. The molecule has 1 aromatic heterocycles. The predicted octanol–water partition coefficient (Wildman–Crippen LogP) is 4.77. The maximum atomic E-state index is 11.2. The van der Waals surface area contributed by atoms with Crippen LogP contribution in [0.15, 0.2) is 54.9 Å². The van der Waals surface area contributed by atoms with E-state index in [0.717, 1.165) is 68.3 Å². The number of hydrogen-bond donors (Lipinski definition) is 1. The first-order valence-electron chi connectivity index (χ1n) is 12.9. The van der Waals surface area contributed by atoms with Crippen LogP contribution in [-0.2, 0) is 13.1 Å². The van der Waals surface area contributed by atoms with Crippen molar-refractivity contribution in [3.05, 3.63) is 71.5 Å². The molecule has 4 rings (SSSR count). The smallest absolute Gasteiger partial charge is 0.161 e. The first kappa shape index (κ1) is 26.0. The lowest BCUT2D eigenvalue weighted by Crippen LogP contribution is -2.37. The van der Waals surface area contributed by atoms with E-state index in [1.807, 2.05) is 54.3 Å². The van der Waals surface area contributed by atoms with Gasteiger partial charge in [-0.1, -0.05) is 23.8 Å². The first-order chi connectivity index (χ1) is 17.4. The molecule has 3 aromatic rings. The highest BCUT2D eigenvalue weighted by Crippen LogP contribution is 2.30. The maximum absolute atomic E-state index is 11.2. The molecule has 0 amide bonds. The molecule has 1 atom stereocenters. The van der Waals surface area contributed by atoms with Crippen molar-refractivity contribution in [3.8, 4) is 17.2 Å². The van der Waals surface area contributed by atoms with Crippen molar-refractivity contribution in [2.45, 2.75) is 58.2 Å². The normalized spacial score (nSPS) is 18.6. The summed E-state index contributed by atoms with van der Waals surface area (Å²) in [6.07, 6.45) is 7.13. The second-order valence-corrected chi connectivity index (χ2v) is 9.92. The van der Waals surface area contributed by atoms with Crippen LogP contribution in [0.5, 0.6) is 17.2 Å². The highest BCUT2D eigenvalue weighted by Gasteiger charge is 2.31. The van der Waals surface area contributed by atoms with Gasteiger partial charge in [-0.15, -0.1) is 0 Å². The third-order valence-corrected chi connectivity index (χ3v) is 6.72. The maximum Gasteiger partial charge on any atom is 0.161 e. The van der Waals surface area contributed by atoms with Crippen molar-refractivity contribution >= 4 is 0 Å². The molecule has 1 N–H and O–H groups in total. The Bertz CT molecular complexity index is 1100. The molecule has 0 radical (unpaired) electrons. The number of benzene rings is 2. The molecule has 0 spiro atoms. The van der Waals surface area contributed by atoms with E-state index in [9.17, 15) is 5.11 Å². The summed E-state index contributed by atoms with van der Waals surface area (Å²) >= 11 is 0. The second kappa shape index (κ2) is 12.3. The highest BCUT2D eigenvalue weighted by atomic mass is 16.5. The summed E-state index contributed by atoms with van der Waals surface area (Å²) in [4.78, 5) is 2.40. The molecule has 1 aliphatic rings. The van der Waals surface area contributed by atoms with Gasteiger partial charge in [0.15, 0.2) is 11.5 Å². The van der Waals surface area contributed by atoms with Gasteiger partial charge in [0.25, 0.3) is 0 Å².